The van der Waals surface area contributed by atoms with Gasteiger partial charge in [0.2, 0.25) is 0 Å². The van der Waals surface area contributed by atoms with Crippen LogP contribution < -0.4 is 15.0 Å². The minimum atomic E-state index is -0.375. The first-order chi connectivity index (χ1) is 14.6. The lowest BCUT2D eigenvalue weighted by Gasteiger charge is -2.28. The summed E-state index contributed by atoms with van der Waals surface area (Å²) in [5.41, 5.74) is 2.50. The molecule has 3 aromatic rings. The van der Waals surface area contributed by atoms with Crippen LogP contribution in [0.3, 0.4) is 0 Å². The Balaban J connectivity index is 1.70. The molecule has 0 unspecified atom stereocenters. The van der Waals surface area contributed by atoms with E-state index in [9.17, 15) is 9.50 Å². The van der Waals surface area contributed by atoms with E-state index in [0.29, 0.717) is 23.1 Å². The second-order valence-corrected chi connectivity index (χ2v) is 7.50. The molecule has 0 aliphatic carbocycles. The summed E-state index contributed by atoms with van der Waals surface area (Å²) in [5.74, 6) is 1.12. The quantitative estimate of drug-likeness (QED) is 0.580. The third-order valence-corrected chi connectivity index (χ3v) is 5.39. The molecule has 0 bridgehead atoms. The number of nitrogens with zero attached hydrogens (tertiary/aromatic N) is 2. The van der Waals surface area contributed by atoms with Gasteiger partial charge < -0.3 is 20.1 Å². The van der Waals surface area contributed by atoms with E-state index in [2.05, 4.69) is 22.1 Å². The minimum Gasteiger partial charge on any atom is -0.508 e. The Morgan fingerprint density at radius 2 is 1.97 bits per heavy atom. The van der Waals surface area contributed by atoms with Crippen LogP contribution in [0, 0.1) is 5.82 Å². The molecule has 2 heterocycles. The van der Waals surface area contributed by atoms with Crippen LogP contribution in [0.15, 0.2) is 60.9 Å². The molecule has 5 nitrogen and oxygen atoms in total. The van der Waals surface area contributed by atoms with Crippen LogP contribution in [0.5, 0.6) is 17.2 Å². The van der Waals surface area contributed by atoms with Gasteiger partial charge in [0.15, 0.2) is 5.75 Å². The van der Waals surface area contributed by atoms with Gasteiger partial charge in [0.05, 0.1) is 11.9 Å². The Morgan fingerprint density at radius 1 is 1.13 bits per heavy atom. The van der Waals surface area contributed by atoms with E-state index in [1.54, 1.807) is 30.5 Å². The van der Waals surface area contributed by atoms with E-state index < -0.39 is 0 Å². The van der Waals surface area contributed by atoms with Gasteiger partial charge in [-0.1, -0.05) is 6.07 Å². The van der Waals surface area contributed by atoms with Crippen LogP contribution in [-0.4, -0.2) is 35.8 Å². The smallest absolute Gasteiger partial charge is 0.151 e. The summed E-state index contributed by atoms with van der Waals surface area (Å²) in [5, 5.41) is 13.1. The average molecular weight is 407 g/mol. The van der Waals surface area contributed by atoms with Gasteiger partial charge in [-0.2, -0.15) is 0 Å². The first-order valence-corrected chi connectivity index (χ1v) is 10.3. The third kappa shape index (κ3) is 4.71. The van der Waals surface area contributed by atoms with E-state index in [-0.39, 0.29) is 11.6 Å². The Hall–Kier alpha value is -3.12. The number of aromatic nitrogens is 1. The summed E-state index contributed by atoms with van der Waals surface area (Å²) < 4.78 is 19.9. The van der Waals surface area contributed by atoms with Gasteiger partial charge in [0, 0.05) is 30.9 Å². The fourth-order valence-electron chi connectivity index (χ4n) is 3.82. The predicted octanol–water partition coefficient (Wildman–Crippen LogP) is 4.96. The van der Waals surface area contributed by atoms with Gasteiger partial charge in [-0.15, -0.1) is 0 Å². The summed E-state index contributed by atoms with van der Waals surface area (Å²) in [6.45, 7) is 4.92. The topological polar surface area (TPSA) is 57.6 Å². The van der Waals surface area contributed by atoms with Gasteiger partial charge in [-0.3, -0.25) is 4.98 Å². The second-order valence-electron chi connectivity index (χ2n) is 7.50. The molecule has 1 fully saturated rings. The molecule has 2 N–H and O–H groups in total. The van der Waals surface area contributed by atoms with Crippen molar-refractivity contribution in [1.29, 1.82) is 0 Å². The molecule has 0 spiro atoms. The average Bonchev–Trinajstić information content (AvgIpc) is 3.27. The van der Waals surface area contributed by atoms with E-state index in [0.717, 1.165) is 37.3 Å². The highest BCUT2D eigenvalue weighted by Crippen LogP contribution is 2.37. The zero-order valence-electron chi connectivity index (χ0n) is 17.0. The molecule has 1 aliphatic heterocycles. The number of likely N-dealkylation sites (N-methyl/N-ethyl adjacent to an activating group) is 1. The molecule has 1 aromatic heterocycles. The van der Waals surface area contributed by atoms with Crippen LogP contribution in [-0.2, 0) is 0 Å². The van der Waals surface area contributed by atoms with E-state index in [1.165, 1.54) is 18.7 Å². The maximum Gasteiger partial charge on any atom is 0.151 e. The van der Waals surface area contributed by atoms with Crippen molar-refractivity contribution in [1.82, 2.24) is 10.3 Å². The van der Waals surface area contributed by atoms with Crippen molar-refractivity contribution in [2.75, 3.05) is 24.5 Å². The maximum atomic E-state index is 13.7. The van der Waals surface area contributed by atoms with Gasteiger partial charge in [0.1, 0.15) is 17.3 Å². The fraction of sp³-hybridized carbons (Fsp3) is 0.292. The molecule has 2 aromatic carbocycles. The number of nitrogens with one attached hydrogen (secondary N) is 1. The molecule has 30 heavy (non-hydrogen) atoms. The lowest BCUT2D eigenvalue weighted by atomic mass is 10.1. The first-order valence-electron chi connectivity index (χ1n) is 10.3. The number of anilines is 1. The molecule has 0 saturated carbocycles. The lowest BCUT2D eigenvalue weighted by molar-refractivity contribution is 0.463. The van der Waals surface area contributed by atoms with Crippen LogP contribution in [0.25, 0.3) is 11.1 Å². The molecule has 1 atom stereocenters. The monoisotopic (exact) mass is 407 g/mol. The van der Waals surface area contributed by atoms with Crippen molar-refractivity contribution in [2.45, 2.75) is 25.8 Å². The lowest BCUT2D eigenvalue weighted by Crippen LogP contribution is -2.37. The highest BCUT2D eigenvalue weighted by atomic mass is 19.1. The Bertz CT molecular complexity index is 988. The number of rotatable bonds is 7. The van der Waals surface area contributed by atoms with Gasteiger partial charge in [-0.05, 0) is 74.3 Å². The molecule has 1 aliphatic rings. The number of hydrogen-bond acceptors (Lipinski definition) is 5. The highest BCUT2D eigenvalue weighted by Gasteiger charge is 2.20. The van der Waals surface area contributed by atoms with Gasteiger partial charge in [0.25, 0.3) is 0 Å². The predicted molar refractivity (Wildman–Crippen MR) is 117 cm³/mol. The fourth-order valence-corrected chi connectivity index (χ4v) is 3.82. The first kappa shape index (κ1) is 20.2. The van der Waals surface area contributed by atoms with Crippen molar-refractivity contribution in [3.63, 3.8) is 0 Å². The van der Waals surface area contributed by atoms with Gasteiger partial charge >= 0.3 is 0 Å². The van der Waals surface area contributed by atoms with E-state index >= 15 is 0 Å². The molecular weight excluding hydrogens is 381 g/mol. The summed E-state index contributed by atoms with van der Waals surface area (Å²) in [4.78, 5) is 6.26. The van der Waals surface area contributed by atoms with Crippen LogP contribution in [0.4, 0.5) is 10.1 Å². The molecule has 0 amide bonds. The summed E-state index contributed by atoms with van der Waals surface area (Å²) in [7, 11) is 0. The van der Waals surface area contributed by atoms with Crippen molar-refractivity contribution in [3.05, 3.63) is 66.7 Å². The van der Waals surface area contributed by atoms with E-state index in [1.807, 2.05) is 18.2 Å². The summed E-state index contributed by atoms with van der Waals surface area (Å²) in [6, 6.07) is 14.5. The molecule has 4 rings (SSSR count). The highest BCUT2D eigenvalue weighted by molar-refractivity contribution is 5.71. The van der Waals surface area contributed by atoms with Gasteiger partial charge in [-0.25, -0.2) is 4.39 Å². The molecule has 156 valence electrons. The van der Waals surface area contributed by atoms with Crippen molar-refractivity contribution in [2.24, 2.45) is 0 Å². The van der Waals surface area contributed by atoms with Crippen LogP contribution in [0.1, 0.15) is 19.8 Å². The standard InChI is InChI=1S/C24H26FN3O2/c1-2-28(16-20-4-3-11-27-20)23-10-5-17(18-12-19(25)15-26-14-18)13-24(23)30-22-8-6-21(29)7-9-22/h5-10,12-15,20,27,29H,2-4,11,16H2,1H3/t20-/m0/s1. The normalized spacial score (nSPS) is 15.9. The van der Waals surface area contributed by atoms with E-state index in [4.69, 9.17) is 4.74 Å². The Morgan fingerprint density at radius 3 is 2.67 bits per heavy atom. The number of ether oxygens (including phenoxy) is 1. The van der Waals surface area contributed by atoms with Crippen LogP contribution >= 0.6 is 0 Å². The Labute approximate surface area is 176 Å². The zero-order chi connectivity index (χ0) is 20.9. The number of halogens is 1. The molecular formula is C24H26FN3O2. The molecule has 1 saturated heterocycles. The maximum absolute atomic E-state index is 13.7. The van der Waals surface area contributed by atoms with Crippen molar-refractivity contribution in [3.8, 4) is 28.4 Å². The summed E-state index contributed by atoms with van der Waals surface area (Å²) in [6.07, 6.45) is 5.20. The summed E-state index contributed by atoms with van der Waals surface area (Å²) >= 11 is 0. The molecule has 6 heteroatoms. The van der Waals surface area contributed by atoms with Crippen molar-refractivity contribution >= 4 is 5.69 Å². The van der Waals surface area contributed by atoms with Crippen molar-refractivity contribution < 1.29 is 14.2 Å². The number of hydrogen-bond donors (Lipinski definition) is 2. The number of phenolic OH excluding ortho intramolecular Hbond substituents is 1. The SMILES string of the molecule is CCN(C[C@@H]1CCCN1)c1ccc(-c2cncc(F)c2)cc1Oc1ccc(O)cc1. The zero-order valence-corrected chi connectivity index (χ0v) is 17.0. The number of benzene rings is 2. The number of pyridine rings is 1. The minimum absolute atomic E-state index is 0.185. The number of aromatic hydroxyl groups is 1. The third-order valence-electron chi connectivity index (χ3n) is 5.39. The van der Waals surface area contributed by atoms with Crippen LogP contribution in [0.2, 0.25) is 0 Å². The largest absolute Gasteiger partial charge is 0.508 e. The second kappa shape index (κ2) is 9.13. The Kier molecular flexibility index (Phi) is 6.14. The number of phenols is 1. The molecule has 0 radical (unpaired) electrons.